The Bertz CT molecular complexity index is 776. The largest absolute Gasteiger partial charge is 1.00 e. The third-order valence-electron chi connectivity index (χ3n) is 4.45. The van der Waals surface area contributed by atoms with Crippen LogP contribution in [0.2, 0.25) is 0 Å². The van der Waals surface area contributed by atoms with Crippen LogP contribution in [0.25, 0.3) is 0 Å². The molecule has 1 aliphatic heterocycles. The van der Waals surface area contributed by atoms with E-state index in [4.69, 9.17) is 4.74 Å². The number of fused-ring (bicyclic) bond motifs is 1. The van der Waals surface area contributed by atoms with Crippen LogP contribution in [0, 0.1) is 6.92 Å². The van der Waals surface area contributed by atoms with Crippen molar-refractivity contribution in [2.75, 3.05) is 6.61 Å². The van der Waals surface area contributed by atoms with Gasteiger partial charge in [0.05, 0.1) is 12.6 Å². The molecular formula is C20H20NNaO4. The van der Waals surface area contributed by atoms with E-state index in [1.54, 1.807) is 12.1 Å². The summed E-state index contributed by atoms with van der Waals surface area (Å²) in [6.07, 6.45) is 0.508. The van der Waals surface area contributed by atoms with Crippen molar-refractivity contribution in [1.82, 2.24) is 5.32 Å². The van der Waals surface area contributed by atoms with Crippen LogP contribution in [0.5, 0.6) is 5.75 Å². The van der Waals surface area contributed by atoms with E-state index in [0.717, 1.165) is 16.9 Å². The number of aliphatic carboxylic acids is 1. The van der Waals surface area contributed by atoms with Crippen LogP contribution < -0.4 is 44.7 Å². The van der Waals surface area contributed by atoms with Crippen LogP contribution in [-0.4, -0.2) is 18.5 Å². The second-order valence-corrected chi connectivity index (χ2v) is 6.28. The molecule has 26 heavy (non-hydrogen) atoms. The summed E-state index contributed by atoms with van der Waals surface area (Å²) in [4.78, 5) is 23.9. The first kappa shape index (κ1) is 20.5. The van der Waals surface area contributed by atoms with Gasteiger partial charge in [-0.05, 0) is 18.6 Å². The summed E-state index contributed by atoms with van der Waals surface area (Å²) in [7, 11) is 0. The van der Waals surface area contributed by atoms with Gasteiger partial charge in [-0.3, -0.25) is 4.79 Å². The van der Waals surface area contributed by atoms with Crippen molar-refractivity contribution in [2.45, 2.75) is 31.7 Å². The minimum atomic E-state index is -1.24. The average molecular weight is 361 g/mol. The fraction of sp³-hybridized carbons (Fsp3) is 0.300. The zero-order chi connectivity index (χ0) is 17.8. The molecule has 2 aromatic rings. The molecule has 0 spiro atoms. The Morgan fingerprint density at radius 3 is 2.58 bits per heavy atom. The van der Waals surface area contributed by atoms with Gasteiger partial charge >= 0.3 is 29.6 Å². The van der Waals surface area contributed by atoms with E-state index in [0.29, 0.717) is 18.6 Å². The summed E-state index contributed by atoms with van der Waals surface area (Å²) in [5.41, 5.74) is 2.53. The van der Waals surface area contributed by atoms with Gasteiger partial charge in [-0.25, -0.2) is 0 Å². The van der Waals surface area contributed by atoms with Crippen molar-refractivity contribution in [3.63, 3.8) is 0 Å². The number of amides is 1. The van der Waals surface area contributed by atoms with Crippen molar-refractivity contribution < 1.29 is 49.0 Å². The quantitative estimate of drug-likeness (QED) is 0.683. The molecular weight excluding hydrogens is 341 g/mol. The number of aryl methyl sites for hydroxylation is 1. The van der Waals surface area contributed by atoms with Gasteiger partial charge in [0.2, 0.25) is 5.91 Å². The van der Waals surface area contributed by atoms with Gasteiger partial charge in [-0.1, -0.05) is 48.0 Å². The number of ether oxygens (including phenoxy) is 1. The molecule has 130 valence electrons. The molecule has 0 bridgehead atoms. The van der Waals surface area contributed by atoms with E-state index in [-0.39, 0.29) is 47.9 Å². The molecule has 0 saturated heterocycles. The van der Waals surface area contributed by atoms with E-state index in [9.17, 15) is 14.7 Å². The van der Waals surface area contributed by atoms with Crippen LogP contribution >= 0.6 is 0 Å². The molecule has 2 unspecified atom stereocenters. The summed E-state index contributed by atoms with van der Waals surface area (Å²) < 4.78 is 5.58. The number of hydrogen-bond acceptors (Lipinski definition) is 4. The van der Waals surface area contributed by atoms with Crippen molar-refractivity contribution in [3.05, 3.63) is 65.2 Å². The van der Waals surface area contributed by atoms with Gasteiger partial charge in [0.1, 0.15) is 5.75 Å². The van der Waals surface area contributed by atoms with Crippen LogP contribution in [0.4, 0.5) is 0 Å². The van der Waals surface area contributed by atoms with Gasteiger partial charge in [-0.2, -0.15) is 0 Å². The minimum Gasteiger partial charge on any atom is -0.549 e. The molecule has 0 aliphatic carbocycles. The third-order valence-corrected chi connectivity index (χ3v) is 4.45. The summed E-state index contributed by atoms with van der Waals surface area (Å²) >= 11 is 0. The second-order valence-electron chi connectivity index (χ2n) is 6.28. The number of benzene rings is 2. The zero-order valence-corrected chi connectivity index (χ0v) is 17.0. The van der Waals surface area contributed by atoms with Crippen molar-refractivity contribution >= 4 is 11.9 Å². The first-order valence-corrected chi connectivity index (χ1v) is 8.33. The molecule has 0 saturated carbocycles. The van der Waals surface area contributed by atoms with Gasteiger partial charge in [-0.15, -0.1) is 0 Å². The summed E-state index contributed by atoms with van der Waals surface area (Å²) in [6.45, 7) is 2.44. The molecule has 5 nitrogen and oxygen atoms in total. The van der Waals surface area contributed by atoms with Crippen LogP contribution in [0.3, 0.4) is 0 Å². The Morgan fingerprint density at radius 1 is 1.19 bits per heavy atom. The topological polar surface area (TPSA) is 78.5 Å². The number of hydrogen-bond donors (Lipinski definition) is 1. The summed E-state index contributed by atoms with van der Waals surface area (Å²) in [5.74, 6) is -1.76. The van der Waals surface area contributed by atoms with Crippen molar-refractivity contribution in [1.29, 1.82) is 0 Å². The average Bonchev–Trinajstić information content (AvgIpc) is 2.61. The van der Waals surface area contributed by atoms with Crippen molar-refractivity contribution in [3.8, 4) is 5.75 Å². The fourth-order valence-electron chi connectivity index (χ4n) is 3.07. The first-order valence-electron chi connectivity index (χ1n) is 8.33. The second kappa shape index (κ2) is 9.21. The SMILES string of the molecule is Cc1ccc(C(CC(=O)NC2CCOc3ccccc32)C(=O)[O-])cc1.[Na+]. The van der Waals surface area contributed by atoms with Gasteiger partial charge in [0.15, 0.2) is 0 Å². The maximum atomic E-state index is 12.4. The van der Waals surface area contributed by atoms with Gasteiger partial charge in [0, 0.05) is 30.3 Å². The molecule has 0 radical (unpaired) electrons. The molecule has 3 rings (SSSR count). The number of rotatable bonds is 5. The maximum absolute atomic E-state index is 12.4. The van der Waals surface area contributed by atoms with Gasteiger partial charge < -0.3 is 20.0 Å². The van der Waals surface area contributed by atoms with E-state index >= 15 is 0 Å². The fourth-order valence-corrected chi connectivity index (χ4v) is 3.07. The number of para-hydroxylation sites is 1. The van der Waals surface area contributed by atoms with Crippen LogP contribution in [0.1, 0.15) is 41.5 Å². The van der Waals surface area contributed by atoms with E-state index < -0.39 is 11.9 Å². The molecule has 1 heterocycles. The van der Waals surface area contributed by atoms with E-state index in [1.165, 1.54) is 0 Å². The van der Waals surface area contributed by atoms with E-state index in [2.05, 4.69) is 5.32 Å². The molecule has 0 aromatic heterocycles. The van der Waals surface area contributed by atoms with Gasteiger partial charge in [0.25, 0.3) is 0 Å². The Kier molecular flexibility index (Phi) is 7.26. The molecule has 1 amide bonds. The molecule has 2 aromatic carbocycles. The molecule has 2 atom stereocenters. The zero-order valence-electron chi connectivity index (χ0n) is 15.0. The molecule has 0 fully saturated rings. The first-order chi connectivity index (χ1) is 12.0. The monoisotopic (exact) mass is 361 g/mol. The number of carboxylic acids is 1. The Morgan fingerprint density at radius 2 is 1.88 bits per heavy atom. The number of carbonyl (C=O) groups is 2. The summed E-state index contributed by atoms with van der Waals surface area (Å²) in [6, 6.07) is 14.5. The number of nitrogens with one attached hydrogen (secondary N) is 1. The standard InChI is InChI=1S/C20H21NO4.Na/c1-13-6-8-14(9-7-13)16(20(23)24)12-19(22)21-17-10-11-25-18-5-3-2-4-15(17)18;/h2-9,16-17H,10-12H2,1H3,(H,21,22)(H,23,24);/q;+1/p-1. The van der Waals surface area contributed by atoms with E-state index in [1.807, 2.05) is 43.3 Å². The molecule has 6 heteroatoms. The Hall–Kier alpha value is -1.82. The Balaban J connectivity index is 0.00000243. The predicted molar refractivity (Wildman–Crippen MR) is 91.0 cm³/mol. The minimum absolute atomic E-state index is 0. The molecule has 1 aliphatic rings. The van der Waals surface area contributed by atoms with Crippen molar-refractivity contribution in [2.24, 2.45) is 0 Å². The van der Waals surface area contributed by atoms with Crippen LogP contribution in [0.15, 0.2) is 48.5 Å². The predicted octanol–water partition coefficient (Wildman–Crippen LogP) is -1.14. The Labute approximate surface area is 175 Å². The number of carbonyl (C=O) groups excluding carboxylic acids is 2. The number of carboxylic acid groups (broad SMARTS) is 1. The third kappa shape index (κ3) is 4.87. The summed E-state index contributed by atoms with van der Waals surface area (Å²) in [5, 5.41) is 14.4. The maximum Gasteiger partial charge on any atom is 1.00 e. The van der Waals surface area contributed by atoms with Crippen LogP contribution in [-0.2, 0) is 9.59 Å². The smallest absolute Gasteiger partial charge is 0.549 e. The molecule has 1 N–H and O–H groups in total. The normalized spacial score (nSPS) is 16.4.